The van der Waals surface area contributed by atoms with Crippen molar-refractivity contribution >= 4 is 11.7 Å². The van der Waals surface area contributed by atoms with Gasteiger partial charge < -0.3 is 4.90 Å². The molecule has 2 rings (SSSR count). The summed E-state index contributed by atoms with van der Waals surface area (Å²) in [7, 11) is 0. The number of benzene rings is 1. The minimum atomic E-state index is -0.310. The van der Waals surface area contributed by atoms with Gasteiger partial charge in [-0.05, 0) is 24.5 Å². The molecule has 1 amide bonds. The van der Waals surface area contributed by atoms with Crippen LogP contribution in [0.25, 0.3) is 0 Å². The van der Waals surface area contributed by atoms with Crippen molar-refractivity contribution in [2.75, 3.05) is 0 Å². The van der Waals surface area contributed by atoms with E-state index in [9.17, 15) is 9.59 Å². The molecule has 0 spiro atoms. The molecule has 0 saturated heterocycles. The standard InChI is InChI=1S/C14H17NO2.C2H6/c1-9(2)13(10(3)16)15-8-11-6-4-5-7-12(11)14(15)17;1-2/h4-7,9,13H,8H2,1-3H3;1-2H3. The van der Waals surface area contributed by atoms with Crippen molar-refractivity contribution < 1.29 is 9.59 Å². The first-order valence-electron chi connectivity index (χ1n) is 6.91. The van der Waals surface area contributed by atoms with E-state index >= 15 is 0 Å². The molecule has 0 fully saturated rings. The average Bonchev–Trinajstić information content (AvgIpc) is 2.69. The van der Waals surface area contributed by atoms with Crippen molar-refractivity contribution in [1.82, 2.24) is 4.90 Å². The lowest BCUT2D eigenvalue weighted by Gasteiger charge is -2.28. The lowest BCUT2D eigenvalue weighted by molar-refractivity contribution is -0.122. The molecule has 0 bridgehead atoms. The van der Waals surface area contributed by atoms with Crippen LogP contribution in [0.5, 0.6) is 0 Å². The van der Waals surface area contributed by atoms with E-state index in [1.807, 2.05) is 52.0 Å². The van der Waals surface area contributed by atoms with E-state index in [1.165, 1.54) is 0 Å². The zero-order chi connectivity index (χ0) is 14.6. The van der Waals surface area contributed by atoms with E-state index in [2.05, 4.69) is 0 Å². The molecule has 1 aliphatic rings. The fourth-order valence-electron chi connectivity index (χ4n) is 2.55. The molecule has 3 nitrogen and oxygen atoms in total. The van der Waals surface area contributed by atoms with Crippen molar-refractivity contribution in [3.05, 3.63) is 35.4 Å². The molecule has 1 atom stereocenters. The smallest absolute Gasteiger partial charge is 0.255 e. The summed E-state index contributed by atoms with van der Waals surface area (Å²) in [5.41, 5.74) is 1.75. The van der Waals surface area contributed by atoms with Gasteiger partial charge in [-0.25, -0.2) is 0 Å². The maximum absolute atomic E-state index is 12.2. The summed E-state index contributed by atoms with van der Waals surface area (Å²) in [6.07, 6.45) is 0. The van der Waals surface area contributed by atoms with Crippen LogP contribution in [0.3, 0.4) is 0 Å². The third kappa shape index (κ3) is 3.03. The Morgan fingerprint density at radius 3 is 2.26 bits per heavy atom. The minimum Gasteiger partial charge on any atom is -0.324 e. The van der Waals surface area contributed by atoms with Crippen molar-refractivity contribution in [3.63, 3.8) is 0 Å². The fraction of sp³-hybridized carbons (Fsp3) is 0.500. The van der Waals surface area contributed by atoms with Crippen LogP contribution in [0, 0.1) is 5.92 Å². The first-order valence-corrected chi connectivity index (χ1v) is 6.91. The maximum Gasteiger partial charge on any atom is 0.255 e. The van der Waals surface area contributed by atoms with Crippen molar-refractivity contribution in [2.24, 2.45) is 5.92 Å². The SMILES string of the molecule is CC.CC(=O)C(C(C)C)N1Cc2ccccc2C1=O. The second-order valence-electron chi connectivity index (χ2n) is 4.89. The number of ketones is 1. The van der Waals surface area contributed by atoms with Crippen LogP contribution >= 0.6 is 0 Å². The Labute approximate surface area is 115 Å². The van der Waals surface area contributed by atoms with E-state index in [0.717, 1.165) is 11.1 Å². The number of nitrogens with zero attached hydrogens (tertiary/aromatic N) is 1. The normalized spacial score (nSPS) is 14.8. The van der Waals surface area contributed by atoms with Crippen molar-refractivity contribution in [3.8, 4) is 0 Å². The molecule has 104 valence electrons. The summed E-state index contributed by atoms with van der Waals surface area (Å²) in [5, 5.41) is 0. The number of hydrogen-bond donors (Lipinski definition) is 0. The van der Waals surface area contributed by atoms with E-state index in [0.29, 0.717) is 6.54 Å². The highest BCUT2D eigenvalue weighted by atomic mass is 16.2. The number of fused-ring (bicyclic) bond motifs is 1. The third-order valence-corrected chi connectivity index (χ3v) is 3.23. The number of Topliss-reactive ketones (excluding diaryl/α,β-unsaturated/α-hetero) is 1. The first kappa shape index (κ1) is 15.4. The van der Waals surface area contributed by atoms with Gasteiger partial charge in [0.1, 0.15) is 0 Å². The highest BCUT2D eigenvalue weighted by molar-refractivity contribution is 6.01. The largest absolute Gasteiger partial charge is 0.324 e. The molecule has 1 heterocycles. The molecule has 0 radical (unpaired) electrons. The predicted molar refractivity (Wildman–Crippen MR) is 77.0 cm³/mol. The van der Waals surface area contributed by atoms with E-state index in [1.54, 1.807) is 11.8 Å². The van der Waals surface area contributed by atoms with Gasteiger partial charge in [0.2, 0.25) is 0 Å². The van der Waals surface area contributed by atoms with E-state index in [-0.39, 0.29) is 23.7 Å². The van der Waals surface area contributed by atoms with Crippen LogP contribution < -0.4 is 0 Å². The number of amides is 1. The Kier molecular flexibility index (Phi) is 5.28. The van der Waals surface area contributed by atoms with E-state index in [4.69, 9.17) is 0 Å². The predicted octanol–water partition coefficient (Wildman–Crippen LogP) is 3.28. The fourth-order valence-corrected chi connectivity index (χ4v) is 2.55. The highest BCUT2D eigenvalue weighted by Gasteiger charge is 2.35. The Morgan fingerprint density at radius 2 is 1.79 bits per heavy atom. The average molecular weight is 261 g/mol. The number of carbonyl (C=O) groups excluding carboxylic acids is 2. The Morgan fingerprint density at radius 1 is 1.21 bits per heavy atom. The van der Waals surface area contributed by atoms with Gasteiger partial charge in [0, 0.05) is 12.1 Å². The van der Waals surface area contributed by atoms with Crippen LogP contribution in [0.2, 0.25) is 0 Å². The van der Waals surface area contributed by atoms with Crippen molar-refractivity contribution in [2.45, 2.75) is 47.2 Å². The van der Waals surface area contributed by atoms with Gasteiger partial charge in [-0.2, -0.15) is 0 Å². The second-order valence-corrected chi connectivity index (χ2v) is 4.89. The Balaban J connectivity index is 0.000000861. The van der Waals surface area contributed by atoms with Crippen LogP contribution in [0.15, 0.2) is 24.3 Å². The van der Waals surface area contributed by atoms with Crippen LogP contribution in [0.1, 0.15) is 50.5 Å². The van der Waals surface area contributed by atoms with Gasteiger partial charge in [0.25, 0.3) is 5.91 Å². The monoisotopic (exact) mass is 261 g/mol. The topological polar surface area (TPSA) is 37.4 Å². The molecule has 1 aliphatic heterocycles. The van der Waals surface area contributed by atoms with Crippen LogP contribution in [-0.4, -0.2) is 22.6 Å². The zero-order valence-corrected chi connectivity index (χ0v) is 12.4. The van der Waals surface area contributed by atoms with Gasteiger partial charge >= 0.3 is 0 Å². The van der Waals surface area contributed by atoms with Crippen LogP contribution in [0.4, 0.5) is 0 Å². The number of hydrogen-bond acceptors (Lipinski definition) is 2. The molecule has 0 aliphatic carbocycles. The quantitative estimate of drug-likeness (QED) is 0.837. The summed E-state index contributed by atoms with van der Waals surface area (Å²) in [6, 6.07) is 7.25. The molecule has 19 heavy (non-hydrogen) atoms. The van der Waals surface area contributed by atoms with Gasteiger partial charge in [-0.3, -0.25) is 9.59 Å². The molecule has 1 aromatic rings. The lowest BCUT2D eigenvalue weighted by atomic mass is 9.99. The second kappa shape index (κ2) is 6.50. The maximum atomic E-state index is 12.2. The molecule has 1 unspecified atom stereocenters. The molecule has 0 N–H and O–H groups in total. The van der Waals surface area contributed by atoms with E-state index < -0.39 is 0 Å². The summed E-state index contributed by atoms with van der Waals surface area (Å²) in [4.78, 5) is 25.6. The summed E-state index contributed by atoms with van der Waals surface area (Å²) < 4.78 is 0. The zero-order valence-electron chi connectivity index (χ0n) is 12.4. The van der Waals surface area contributed by atoms with Gasteiger partial charge in [-0.15, -0.1) is 0 Å². The molecule has 0 saturated carbocycles. The minimum absolute atomic E-state index is 0.0190. The lowest BCUT2D eigenvalue weighted by Crippen LogP contribution is -2.43. The van der Waals surface area contributed by atoms with Gasteiger partial charge in [-0.1, -0.05) is 45.9 Å². The summed E-state index contributed by atoms with van der Waals surface area (Å²) in [6.45, 7) is 10.1. The Bertz CT molecular complexity index is 466. The molecule has 1 aromatic carbocycles. The summed E-state index contributed by atoms with van der Waals surface area (Å²) in [5.74, 6) is 0.182. The molecule has 3 heteroatoms. The Hall–Kier alpha value is -1.64. The molecular formula is C16H23NO2. The number of carbonyl (C=O) groups is 2. The van der Waals surface area contributed by atoms with Crippen LogP contribution in [-0.2, 0) is 11.3 Å². The third-order valence-electron chi connectivity index (χ3n) is 3.23. The number of rotatable bonds is 3. The summed E-state index contributed by atoms with van der Waals surface area (Å²) >= 11 is 0. The highest BCUT2D eigenvalue weighted by Crippen LogP contribution is 2.27. The van der Waals surface area contributed by atoms with Gasteiger partial charge in [0.05, 0.1) is 6.04 Å². The molecular weight excluding hydrogens is 238 g/mol. The van der Waals surface area contributed by atoms with Gasteiger partial charge in [0.15, 0.2) is 5.78 Å². The molecule has 0 aromatic heterocycles. The van der Waals surface area contributed by atoms with Crippen molar-refractivity contribution in [1.29, 1.82) is 0 Å². The first-order chi connectivity index (χ1) is 9.02.